The number of aromatic nitrogens is 1. The van der Waals surface area contributed by atoms with E-state index in [1.165, 1.54) is 29.3 Å². The molecule has 3 rings (SSSR count). The Balaban J connectivity index is 1.66. The van der Waals surface area contributed by atoms with Crippen LogP contribution in [0, 0.1) is 0 Å². The van der Waals surface area contributed by atoms with Gasteiger partial charge in [-0.05, 0) is 36.9 Å². The Kier molecular flexibility index (Phi) is 6.89. The molecule has 1 aliphatic heterocycles. The number of rotatable bonds is 5. The van der Waals surface area contributed by atoms with Crippen molar-refractivity contribution in [3.63, 3.8) is 0 Å². The largest absolute Gasteiger partial charge is 0.336 e. The number of hydroxylamine groups is 1. The summed E-state index contributed by atoms with van der Waals surface area (Å²) in [7, 11) is 2.08. The highest BCUT2D eigenvalue weighted by molar-refractivity contribution is 5.92. The van der Waals surface area contributed by atoms with Crippen LogP contribution < -0.4 is 5.48 Å². The Morgan fingerprint density at radius 3 is 2.41 bits per heavy atom. The fourth-order valence-electron chi connectivity index (χ4n) is 3.22. The normalized spacial score (nSPS) is 17.7. The minimum atomic E-state index is -0.633. The maximum absolute atomic E-state index is 12.7. The smallest absolute Gasteiger partial charge is 0.267 e. The van der Waals surface area contributed by atoms with Crippen molar-refractivity contribution in [1.29, 1.82) is 0 Å². The molecule has 1 unspecified atom stereocenters. The lowest BCUT2D eigenvalue weighted by molar-refractivity contribution is -0.128. The third-order valence-corrected chi connectivity index (χ3v) is 4.85. The van der Waals surface area contributed by atoms with Crippen molar-refractivity contribution < 1.29 is 14.8 Å². The second-order valence-corrected chi connectivity index (χ2v) is 6.82. The molecule has 0 saturated carbocycles. The van der Waals surface area contributed by atoms with Gasteiger partial charge in [-0.1, -0.05) is 36.4 Å². The lowest BCUT2D eigenvalue weighted by atomic mass is 10.0. The summed E-state index contributed by atoms with van der Waals surface area (Å²) in [5, 5.41) is 8.52. The van der Waals surface area contributed by atoms with Gasteiger partial charge in [-0.15, -0.1) is 0 Å². The third kappa shape index (κ3) is 5.60. The fourth-order valence-corrected chi connectivity index (χ4v) is 3.22. The van der Waals surface area contributed by atoms with Crippen LogP contribution in [0.15, 0.2) is 60.7 Å². The summed E-state index contributed by atoms with van der Waals surface area (Å²) in [5.74, 6) is -0.688. The number of nitrogens with one attached hydrogen (secondary N) is 1. The van der Waals surface area contributed by atoms with Crippen molar-refractivity contribution in [2.45, 2.75) is 6.04 Å². The molecule has 1 saturated heterocycles. The molecular formula is C22H24N4O3. The quantitative estimate of drug-likeness (QED) is 0.463. The molecule has 0 radical (unpaired) electrons. The molecular weight excluding hydrogens is 368 g/mol. The first-order chi connectivity index (χ1) is 14.1. The second-order valence-electron chi connectivity index (χ2n) is 6.82. The average molecular weight is 392 g/mol. The Morgan fingerprint density at radius 2 is 1.72 bits per heavy atom. The van der Waals surface area contributed by atoms with Crippen LogP contribution in [-0.4, -0.2) is 58.5 Å². The molecule has 150 valence electrons. The Bertz CT molecular complexity index is 911. The van der Waals surface area contributed by atoms with E-state index < -0.39 is 5.91 Å². The van der Waals surface area contributed by atoms with E-state index in [2.05, 4.69) is 29.1 Å². The van der Waals surface area contributed by atoms with Gasteiger partial charge in [0.1, 0.15) is 0 Å². The van der Waals surface area contributed by atoms with Gasteiger partial charge in [0, 0.05) is 31.8 Å². The highest BCUT2D eigenvalue weighted by Crippen LogP contribution is 2.24. The van der Waals surface area contributed by atoms with Gasteiger partial charge in [-0.3, -0.25) is 19.7 Å². The fraction of sp³-hybridized carbons (Fsp3) is 0.227. The van der Waals surface area contributed by atoms with Crippen molar-refractivity contribution >= 4 is 24.0 Å². The van der Waals surface area contributed by atoms with Gasteiger partial charge in [-0.25, -0.2) is 10.5 Å². The number of hydrogen-bond acceptors (Lipinski definition) is 5. The zero-order valence-electron chi connectivity index (χ0n) is 16.2. The van der Waals surface area contributed by atoms with Crippen LogP contribution in [0.4, 0.5) is 0 Å². The van der Waals surface area contributed by atoms with E-state index in [1.807, 2.05) is 23.1 Å². The third-order valence-electron chi connectivity index (χ3n) is 4.85. The first kappa shape index (κ1) is 20.4. The lowest BCUT2D eigenvalue weighted by Gasteiger charge is -2.39. The predicted molar refractivity (Wildman–Crippen MR) is 111 cm³/mol. The number of carbonyl (C=O) groups is 2. The second kappa shape index (κ2) is 9.77. The van der Waals surface area contributed by atoms with Crippen molar-refractivity contribution in [3.8, 4) is 0 Å². The van der Waals surface area contributed by atoms with E-state index in [9.17, 15) is 9.59 Å². The molecule has 1 aliphatic rings. The summed E-state index contributed by atoms with van der Waals surface area (Å²) < 4.78 is 0. The lowest BCUT2D eigenvalue weighted by Crippen LogP contribution is -2.48. The molecule has 1 aromatic carbocycles. The van der Waals surface area contributed by atoms with Gasteiger partial charge in [-0.2, -0.15) is 0 Å². The number of hydrogen-bond donors (Lipinski definition) is 2. The highest BCUT2D eigenvalue weighted by atomic mass is 16.5. The van der Waals surface area contributed by atoms with Crippen molar-refractivity contribution in [1.82, 2.24) is 20.3 Å². The van der Waals surface area contributed by atoms with Crippen molar-refractivity contribution in [3.05, 3.63) is 77.6 Å². The van der Waals surface area contributed by atoms with Crippen LogP contribution in [0.25, 0.3) is 12.2 Å². The summed E-state index contributed by atoms with van der Waals surface area (Å²) in [6.07, 6.45) is 5.86. The number of pyridine rings is 1. The molecule has 29 heavy (non-hydrogen) atoms. The zero-order chi connectivity index (χ0) is 20.6. The van der Waals surface area contributed by atoms with E-state index in [4.69, 9.17) is 5.21 Å². The van der Waals surface area contributed by atoms with Crippen LogP contribution in [0.2, 0.25) is 0 Å². The van der Waals surface area contributed by atoms with Gasteiger partial charge in [0.05, 0.1) is 17.4 Å². The molecule has 7 nitrogen and oxygen atoms in total. The Hall–Kier alpha value is -3.29. The standard InChI is InChI=1S/C22H24N4O3/c1-25-14-15-26(16-20(25)17-6-3-2-4-7-17)22(28)13-11-19-9-5-8-18(23-19)10-12-21(27)24-29/h2-13,20,29H,14-16H2,1H3,(H,24,27). The molecule has 1 aromatic heterocycles. The maximum atomic E-state index is 12.7. The van der Waals surface area contributed by atoms with Gasteiger partial charge in [0.25, 0.3) is 5.91 Å². The summed E-state index contributed by atoms with van der Waals surface area (Å²) in [6, 6.07) is 15.7. The van der Waals surface area contributed by atoms with Gasteiger partial charge >= 0.3 is 0 Å². The first-order valence-electron chi connectivity index (χ1n) is 9.38. The summed E-state index contributed by atoms with van der Waals surface area (Å²) in [6.45, 7) is 2.12. The number of nitrogens with zero attached hydrogens (tertiary/aromatic N) is 3. The number of likely N-dealkylation sites (N-methyl/N-ethyl adjacent to an activating group) is 1. The van der Waals surface area contributed by atoms with Gasteiger partial charge < -0.3 is 4.90 Å². The number of carbonyl (C=O) groups excluding carboxylic acids is 2. The topological polar surface area (TPSA) is 85.8 Å². The van der Waals surface area contributed by atoms with Crippen LogP contribution >= 0.6 is 0 Å². The molecule has 2 heterocycles. The van der Waals surface area contributed by atoms with E-state index >= 15 is 0 Å². The molecule has 0 aliphatic carbocycles. The summed E-state index contributed by atoms with van der Waals surface area (Å²) in [5.41, 5.74) is 3.88. The van der Waals surface area contributed by atoms with E-state index in [-0.39, 0.29) is 11.9 Å². The van der Waals surface area contributed by atoms with Crippen LogP contribution in [0.5, 0.6) is 0 Å². The molecule has 2 N–H and O–H groups in total. The molecule has 7 heteroatoms. The highest BCUT2D eigenvalue weighted by Gasteiger charge is 2.27. The van der Waals surface area contributed by atoms with E-state index in [0.717, 1.165) is 6.54 Å². The molecule has 2 aromatic rings. The number of amides is 2. The summed E-state index contributed by atoms with van der Waals surface area (Å²) >= 11 is 0. The number of piperazine rings is 1. The SMILES string of the molecule is CN1CCN(C(=O)C=Cc2cccc(C=CC(=O)NO)n2)CC1c1ccccc1. The minimum Gasteiger partial charge on any atom is -0.336 e. The van der Waals surface area contributed by atoms with Gasteiger partial charge in [0.2, 0.25) is 5.91 Å². The Labute approximate surface area is 169 Å². The van der Waals surface area contributed by atoms with Crippen molar-refractivity contribution in [2.24, 2.45) is 0 Å². The van der Waals surface area contributed by atoms with E-state index in [1.54, 1.807) is 24.3 Å². The van der Waals surface area contributed by atoms with Crippen molar-refractivity contribution in [2.75, 3.05) is 26.7 Å². The maximum Gasteiger partial charge on any atom is 0.267 e. The van der Waals surface area contributed by atoms with Crippen LogP contribution in [0.1, 0.15) is 23.0 Å². The predicted octanol–water partition coefficient (Wildman–Crippen LogP) is 2.13. The molecule has 1 fully saturated rings. The van der Waals surface area contributed by atoms with Crippen LogP contribution in [0.3, 0.4) is 0 Å². The average Bonchev–Trinajstić information content (AvgIpc) is 2.77. The van der Waals surface area contributed by atoms with E-state index in [0.29, 0.717) is 24.5 Å². The van der Waals surface area contributed by atoms with Crippen LogP contribution in [-0.2, 0) is 9.59 Å². The minimum absolute atomic E-state index is 0.0542. The molecule has 2 amide bonds. The molecule has 1 atom stereocenters. The Morgan fingerprint density at radius 1 is 1.03 bits per heavy atom. The molecule has 0 bridgehead atoms. The van der Waals surface area contributed by atoms with Gasteiger partial charge in [0.15, 0.2) is 0 Å². The zero-order valence-corrected chi connectivity index (χ0v) is 16.2. The monoisotopic (exact) mass is 392 g/mol. The molecule has 0 spiro atoms. The first-order valence-corrected chi connectivity index (χ1v) is 9.38. The number of benzene rings is 1. The summed E-state index contributed by atoms with van der Waals surface area (Å²) in [4.78, 5) is 32.2.